The zero-order chi connectivity index (χ0) is 37.2. The maximum atomic E-state index is 13.1. The lowest BCUT2D eigenvalue weighted by Crippen LogP contribution is -2.39. The van der Waals surface area contributed by atoms with Crippen molar-refractivity contribution in [2.75, 3.05) is 23.8 Å². The van der Waals surface area contributed by atoms with Crippen LogP contribution in [0.3, 0.4) is 0 Å². The lowest BCUT2D eigenvalue weighted by molar-refractivity contribution is -0.143. The number of fused-ring (bicyclic) bond motifs is 1. The highest BCUT2D eigenvalue weighted by Crippen LogP contribution is 2.40. The number of carboxylic acids is 1. The minimum atomic E-state index is -1.06. The second-order valence-corrected chi connectivity index (χ2v) is 12.0. The molecule has 3 heterocycles. The molecule has 0 bridgehead atoms. The first-order chi connectivity index (χ1) is 25.8. The molecule has 0 aliphatic carbocycles. The van der Waals surface area contributed by atoms with Crippen molar-refractivity contribution in [3.8, 4) is 35.2 Å². The molecule has 0 saturated carbocycles. The molecule has 15 nitrogen and oxygen atoms in total. The summed E-state index contributed by atoms with van der Waals surface area (Å²) in [6.45, 7) is 2.87. The molecule has 3 aromatic carbocycles. The number of nitrogens with zero attached hydrogens (tertiary/aromatic N) is 3. The highest BCUT2D eigenvalue weighted by Gasteiger charge is 2.32. The van der Waals surface area contributed by atoms with E-state index in [4.69, 9.17) is 18.9 Å². The second kappa shape index (κ2) is 17.0. The maximum absolute atomic E-state index is 13.1. The number of hydrogen-bond donors (Lipinski definition) is 5. The van der Waals surface area contributed by atoms with Crippen molar-refractivity contribution in [2.45, 2.75) is 51.4 Å². The predicted molar refractivity (Wildman–Crippen MR) is 191 cm³/mol. The van der Waals surface area contributed by atoms with Gasteiger partial charge in [-0.05, 0) is 66.9 Å². The molecule has 2 unspecified atom stereocenters. The van der Waals surface area contributed by atoms with Crippen LogP contribution in [0.5, 0.6) is 29.1 Å². The number of carboxylic acid groups (broad SMARTS) is 1. The summed E-state index contributed by atoms with van der Waals surface area (Å²) < 4.78 is 23.7. The molecule has 15 heteroatoms. The van der Waals surface area contributed by atoms with Gasteiger partial charge in [-0.3, -0.25) is 19.7 Å². The van der Waals surface area contributed by atoms with Gasteiger partial charge in [0.2, 0.25) is 5.91 Å². The Morgan fingerprint density at radius 1 is 1.00 bits per heavy atom. The van der Waals surface area contributed by atoms with Gasteiger partial charge >= 0.3 is 17.9 Å². The predicted octanol–water partition coefficient (Wildman–Crippen LogP) is 5.31. The standard InChI is InChI=1S/C38H37N7O8/c1-2-50-32(48)14-10-24-17-26(34-40-15-6-16-41-34)20-27(18-24)52-37-33-35(42-28(36(49)43-33)11-13-31(46)47)44-38(45-37)53-30-19-25(21-39)9-12-29(30)51-22-23-7-4-3-5-8-23/h3-9,12,15,17-20,28,34,40-41H,2,10-11,13-14,16,22H2,1H3,(H,43,49)(H,46,47)(H,42,44,45). The summed E-state index contributed by atoms with van der Waals surface area (Å²) in [5.41, 5.74) is 2.92. The Balaban J connectivity index is 1.37. The fourth-order valence-electron chi connectivity index (χ4n) is 5.61. The topological polar surface area (TPSA) is 206 Å². The van der Waals surface area contributed by atoms with Crippen LogP contribution in [-0.4, -0.2) is 52.1 Å². The third kappa shape index (κ3) is 9.57. The van der Waals surface area contributed by atoms with E-state index < -0.39 is 17.9 Å². The van der Waals surface area contributed by atoms with Gasteiger partial charge in [-0.25, -0.2) is 0 Å². The first-order valence-corrected chi connectivity index (χ1v) is 17.0. The monoisotopic (exact) mass is 719 g/mol. The lowest BCUT2D eigenvalue weighted by atomic mass is 10.0. The summed E-state index contributed by atoms with van der Waals surface area (Å²) in [6.07, 6.45) is 3.77. The number of aliphatic carboxylic acids is 1. The summed E-state index contributed by atoms with van der Waals surface area (Å²) in [7, 11) is 0. The number of hydrogen-bond acceptors (Lipinski definition) is 13. The number of aryl methyl sites for hydroxylation is 1. The number of nitriles is 1. The number of carbonyl (C=O) groups is 3. The first kappa shape index (κ1) is 36.1. The Bertz CT molecular complexity index is 2050. The molecule has 0 radical (unpaired) electrons. The summed E-state index contributed by atoms with van der Waals surface area (Å²) >= 11 is 0. The number of rotatable bonds is 15. The fourth-order valence-corrected chi connectivity index (χ4v) is 5.61. The lowest BCUT2D eigenvalue weighted by Gasteiger charge is -2.27. The highest BCUT2D eigenvalue weighted by atomic mass is 16.5. The molecular formula is C38H37N7O8. The van der Waals surface area contributed by atoms with Crippen LogP contribution in [0.15, 0.2) is 79.0 Å². The van der Waals surface area contributed by atoms with Crippen LogP contribution in [0, 0.1) is 11.3 Å². The van der Waals surface area contributed by atoms with Gasteiger partial charge in [-0.15, -0.1) is 0 Å². The first-order valence-electron chi connectivity index (χ1n) is 17.0. The Labute approximate surface area is 305 Å². The Morgan fingerprint density at radius 2 is 1.85 bits per heavy atom. The van der Waals surface area contributed by atoms with Gasteiger partial charge in [-0.1, -0.05) is 42.5 Å². The van der Waals surface area contributed by atoms with Crippen LogP contribution >= 0.6 is 0 Å². The van der Waals surface area contributed by atoms with E-state index in [1.54, 1.807) is 31.2 Å². The minimum absolute atomic E-state index is 0.0135. The molecule has 1 amide bonds. The molecule has 2 aliphatic rings. The van der Waals surface area contributed by atoms with Crippen LogP contribution in [0.2, 0.25) is 0 Å². The van der Waals surface area contributed by atoms with E-state index in [2.05, 4.69) is 37.3 Å². The summed E-state index contributed by atoms with van der Waals surface area (Å²) in [5.74, 6) is -1.03. The third-order valence-corrected chi connectivity index (χ3v) is 8.17. The van der Waals surface area contributed by atoms with Gasteiger partial charge in [0.15, 0.2) is 17.3 Å². The quantitative estimate of drug-likeness (QED) is 0.0988. The van der Waals surface area contributed by atoms with Crippen molar-refractivity contribution in [1.29, 1.82) is 5.26 Å². The highest BCUT2D eigenvalue weighted by molar-refractivity contribution is 6.03. The van der Waals surface area contributed by atoms with E-state index in [0.29, 0.717) is 30.0 Å². The van der Waals surface area contributed by atoms with Gasteiger partial charge < -0.3 is 40.0 Å². The number of esters is 1. The molecule has 6 rings (SSSR count). The molecule has 272 valence electrons. The van der Waals surface area contributed by atoms with Crippen LogP contribution in [0.1, 0.15) is 54.6 Å². The molecule has 0 saturated heterocycles. The molecule has 4 aromatic rings. The number of benzene rings is 3. The van der Waals surface area contributed by atoms with Gasteiger partial charge in [0.1, 0.15) is 30.3 Å². The molecule has 1 aromatic heterocycles. The number of nitrogens with one attached hydrogen (secondary N) is 4. The number of aromatic nitrogens is 2. The van der Waals surface area contributed by atoms with Gasteiger partial charge in [0.25, 0.3) is 5.88 Å². The van der Waals surface area contributed by atoms with Crippen molar-refractivity contribution in [3.05, 3.63) is 101 Å². The van der Waals surface area contributed by atoms with Gasteiger partial charge in [-0.2, -0.15) is 15.2 Å². The molecule has 2 atom stereocenters. The Morgan fingerprint density at radius 3 is 2.60 bits per heavy atom. The van der Waals surface area contributed by atoms with Crippen LogP contribution < -0.4 is 35.5 Å². The zero-order valence-corrected chi connectivity index (χ0v) is 28.8. The third-order valence-electron chi connectivity index (χ3n) is 8.17. The van der Waals surface area contributed by atoms with Crippen molar-refractivity contribution < 1.29 is 38.4 Å². The maximum Gasteiger partial charge on any atom is 0.327 e. The normalized spacial score (nSPS) is 15.8. The fraction of sp³-hybridized carbons (Fsp3) is 0.263. The van der Waals surface area contributed by atoms with E-state index in [1.807, 2.05) is 48.7 Å². The van der Waals surface area contributed by atoms with Crippen molar-refractivity contribution >= 4 is 29.4 Å². The number of anilines is 2. The van der Waals surface area contributed by atoms with E-state index in [9.17, 15) is 24.8 Å². The summed E-state index contributed by atoms with van der Waals surface area (Å²) in [6, 6.07) is 20.7. The Hall–Kier alpha value is -6.66. The zero-order valence-electron chi connectivity index (χ0n) is 28.8. The summed E-state index contributed by atoms with van der Waals surface area (Å²) in [5, 5.41) is 31.3. The number of carbonyl (C=O) groups excluding carboxylic acids is 2. The van der Waals surface area contributed by atoms with E-state index in [1.165, 1.54) is 6.07 Å². The average molecular weight is 720 g/mol. The SMILES string of the molecule is CCOC(=O)CCc1cc(Oc2nc(Oc3cc(C#N)ccc3OCc3ccccc3)nc3c2NC(=O)C(CCC(=O)O)N3)cc(C2NC=CCN2)c1. The van der Waals surface area contributed by atoms with Crippen LogP contribution in [0.25, 0.3) is 0 Å². The van der Waals surface area contributed by atoms with Crippen molar-refractivity contribution in [1.82, 2.24) is 20.6 Å². The van der Waals surface area contributed by atoms with E-state index >= 15 is 0 Å². The molecule has 53 heavy (non-hydrogen) atoms. The average Bonchev–Trinajstić information content (AvgIpc) is 3.17. The molecule has 0 spiro atoms. The van der Waals surface area contributed by atoms with Crippen LogP contribution in [0.4, 0.5) is 11.5 Å². The van der Waals surface area contributed by atoms with Crippen molar-refractivity contribution in [2.24, 2.45) is 0 Å². The molecule has 5 N–H and O–H groups in total. The van der Waals surface area contributed by atoms with Crippen molar-refractivity contribution in [3.63, 3.8) is 0 Å². The van der Waals surface area contributed by atoms with Gasteiger partial charge in [0, 0.05) is 25.5 Å². The minimum Gasteiger partial charge on any atom is -0.485 e. The largest absolute Gasteiger partial charge is 0.485 e. The second-order valence-electron chi connectivity index (χ2n) is 12.0. The van der Waals surface area contributed by atoms with Gasteiger partial charge in [0.05, 0.1) is 18.2 Å². The molecular weight excluding hydrogens is 682 g/mol. The molecule has 0 fully saturated rings. The smallest absolute Gasteiger partial charge is 0.327 e. The summed E-state index contributed by atoms with van der Waals surface area (Å²) in [4.78, 5) is 45.7. The van der Waals surface area contributed by atoms with E-state index in [0.717, 1.165) is 16.7 Å². The number of amides is 1. The van der Waals surface area contributed by atoms with E-state index in [-0.39, 0.29) is 73.8 Å². The Kier molecular flexibility index (Phi) is 11.6. The number of ether oxygens (including phenoxy) is 4. The van der Waals surface area contributed by atoms with Crippen LogP contribution in [-0.2, 0) is 32.1 Å². The molecule has 2 aliphatic heterocycles.